The van der Waals surface area contributed by atoms with Gasteiger partial charge in [-0.15, -0.1) is 0 Å². The number of halogens is 1. The molecule has 172 valence electrons. The molecule has 2 aromatic carbocycles. The van der Waals surface area contributed by atoms with Crippen molar-refractivity contribution in [3.63, 3.8) is 0 Å². The lowest BCUT2D eigenvalue weighted by Gasteiger charge is -2.33. The molecule has 5 rings (SSSR count). The van der Waals surface area contributed by atoms with E-state index >= 15 is 0 Å². The van der Waals surface area contributed by atoms with Crippen molar-refractivity contribution in [2.45, 2.75) is 6.17 Å². The molecule has 0 amide bonds. The van der Waals surface area contributed by atoms with Gasteiger partial charge in [0.2, 0.25) is 15.6 Å². The molecule has 0 spiro atoms. The third kappa shape index (κ3) is 4.11. The van der Waals surface area contributed by atoms with E-state index in [2.05, 4.69) is 14.7 Å². The Balaban J connectivity index is 1.61. The van der Waals surface area contributed by atoms with E-state index in [1.165, 1.54) is 24.5 Å². The smallest absolute Gasteiger partial charge is 0.229 e. The second-order valence-corrected chi connectivity index (χ2v) is 9.52. The summed E-state index contributed by atoms with van der Waals surface area (Å²) in [4.78, 5) is 10.8. The van der Waals surface area contributed by atoms with Gasteiger partial charge in [-0.2, -0.15) is 0 Å². The molecule has 3 N–H and O–H groups in total. The first kappa shape index (κ1) is 21.7. The third-order valence-electron chi connectivity index (χ3n) is 5.35. The fourth-order valence-electron chi connectivity index (χ4n) is 3.84. The van der Waals surface area contributed by atoms with Crippen molar-refractivity contribution in [2.75, 3.05) is 15.9 Å². The third-order valence-corrected chi connectivity index (χ3v) is 5.95. The summed E-state index contributed by atoms with van der Waals surface area (Å²) in [5, 5.41) is 0.627. The number of benzene rings is 2. The van der Waals surface area contributed by atoms with Crippen LogP contribution in [0.15, 0.2) is 88.6 Å². The van der Waals surface area contributed by atoms with Crippen LogP contribution in [0, 0.1) is 5.82 Å². The Hall–Kier alpha value is -4.18. The number of nitrogens with two attached hydrogens (primary N) is 1. The quantitative estimate of drug-likeness (QED) is 0.457. The molecule has 1 aliphatic heterocycles. The van der Waals surface area contributed by atoms with E-state index in [9.17, 15) is 12.8 Å². The first-order chi connectivity index (χ1) is 16.3. The Labute approximate surface area is 194 Å². The summed E-state index contributed by atoms with van der Waals surface area (Å²) < 4.78 is 45.4. The molecule has 1 unspecified atom stereocenters. The lowest BCUT2D eigenvalue weighted by molar-refractivity contribution is 0.483. The number of fused-ring (bicyclic) bond motifs is 1. The molecule has 0 saturated carbocycles. The molecule has 8 nitrogen and oxygen atoms in total. The van der Waals surface area contributed by atoms with Crippen molar-refractivity contribution in [1.82, 2.24) is 4.98 Å². The number of hydrogen-bond acceptors (Lipinski definition) is 7. The predicted molar refractivity (Wildman–Crippen MR) is 127 cm³/mol. The van der Waals surface area contributed by atoms with Gasteiger partial charge in [0.15, 0.2) is 6.17 Å². The van der Waals surface area contributed by atoms with Crippen LogP contribution in [0.5, 0.6) is 0 Å². The van der Waals surface area contributed by atoms with Crippen molar-refractivity contribution in [3.8, 4) is 11.3 Å². The first-order valence-corrected chi connectivity index (χ1v) is 12.2. The molecule has 0 radical (unpaired) electrons. The normalized spacial score (nSPS) is 15.5. The topological polar surface area (TPSA) is 114 Å². The molecule has 1 aliphatic rings. The molecule has 4 aromatic rings. The Kier molecular flexibility index (Phi) is 5.29. The molecule has 1 atom stereocenters. The number of pyridine rings is 1. The summed E-state index contributed by atoms with van der Waals surface area (Å²) in [5.41, 5.74) is 9.72. The largest absolute Gasteiger partial charge is 0.446 e. The van der Waals surface area contributed by atoms with E-state index in [0.717, 1.165) is 23.2 Å². The van der Waals surface area contributed by atoms with Crippen LogP contribution in [-0.2, 0) is 10.0 Å². The van der Waals surface area contributed by atoms with Gasteiger partial charge in [0, 0.05) is 17.4 Å². The highest BCUT2D eigenvalue weighted by molar-refractivity contribution is 7.92. The molecule has 0 bridgehead atoms. The summed E-state index contributed by atoms with van der Waals surface area (Å²) in [6.07, 6.45) is 3.46. The van der Waals surface area contributed by atoms with E-state index < -0.39 is 22.0 Å². The number of nitrogens with one attached hydrogen (secondary N) is 1. The first-order valence-electron chi connectivity index (χ1n) is 10.3. The number of anilines is 2. The molecular weight excluding hydrogens is 457 g/mol. The second kappa shape index (κ2) is 8.31. The van der Waals surface area contributed by atoms with Crippen LogP contribution in [0.25, 0.3) is 17.1 Å². The van der Waals surface area contributed by atoms with Crippen molar-refractivity contribution < 1.29 is 17.2 Å². The van der Waals surface area contributed by atoms with Crippen molar-refractivity contribution in [2.24, 2.45) is 10.7 Å². The summed E-state index contributed by atoms with van der Waals surface area (Å²) in [5.74, 6) is -0.303. The Morgan fingerprint density at radius 2 is 1.88 bits per heavy atom. The standard InChI is InChI=1S/C24H20FN5O3S/c1-34(31,32)29-21-14-16(7-10-19(21)25)23-28-24-18(11-13-33-24)22(26)30(23)17-8-5-15(6-9-17)20-4-2-3-12-27-20/h2-14,23,29H,26H2,1H3. The average molecular weight is 478 g/mol. The lowest BCUT2D eigenvalue weighted by atomic mass is 10.1. The minimum absolute atomic E-state index is 0.176. The monoisotopic (exact) mass is 477 g/mol. The Morgan fingerprint density at radius 1 is 1.09 bits per heavy atom. The average Bonchev–Trinajstić information content (AvgIpc) is 3.30. The summed E-state index contributed by atoms with van der Waals surface area (Å²) in [6, 6.07) is 19.2. The minimum Gasteiger partial charge on any atom is -0.446 e. The van der Waals surface area contributed by atoms with Crippen molar-refractivity contribution in [3.05, 3.63) is 101 Å². The molecule has 34 heavy (non-hydrogen) atoms. The molecule has 0 aliphatic carbocycles. The highest BCUT2D eigenvalue weighted by atomic mass is 32.2. The number of rotatable bonds is 5. The summed E-state index contributed by atoms with van der Waals surface area (Å²) in [6.45, 7) is 0. The van der Waals surface area contributed by atoms with Gasteiger partial charge >= 0.3 is 0 Å². The summed E-state index contributed by atoms with van der Waals surface area (Å²) in [7, 11) is -3.68. The van der Waals surface area contributed by atoms with Crippen LogP contribution in [0.4, 0.5) is 15.8 Å². The number of nitrogens with zero attached hydrogens (tertiary/aromatic N) is 3. The van der Waals surface area contributed by atoms with Crippen LogP contribution in [-0.4, -0.2) is 19.7 Å². The van der Waals surface area contributed by atoms with Gasteiger partial charge in [-0.25, -0.2) is 17.8 Å². The van der Waals surface area contributed by atoms with E-state index in [1.54, 1.807) is 17.2 Å². The highest BCUT2D eigenvalue weighted by Gasteiger charge is 2.28. The highest BCUT2D eigenvalue weighted by Crippen LogP contribution is 2.34. The molecule has 10 heteroatoms. The number of furan rings is 1. The minimum atomic E-state index is -3.68. The Morgan fingerprint density at radius 3 is 2.59 bits per heavy atom. The summed E-state index contributed by atoms with van der Waals surface area (Å²) >= 11 is 0. The van der Waals surface area contributed by atoms with Gasteiger partial charge in [0.1, 0.15) is 11.6 Å². The zero-order valence-electron chi connectivity index (χ0n) is 18.0. The van der Waals surface area contributed by atoms with Crippen LogP contribution in [0.3, 0.4) is 0 Å². The van der Waals surface area contributed by atoms with Crippen LogP contribution < -0.4 is 26.1 Å². The maximum Gasteiger partial charge on any atom is 0.229 e. The number of hydrogen-bond donors (Lipinski definition) is 2. The fourth-order valence-corrected chi connectivity index (χ4v) is 4.39. The number of aromatic nitrogens is 1. The van der Waals surface area contributed by atoms with Crippen LogP contribution >= 0.6 is 0 Å². The Bertz CT molecular complexity index is 1590. The lowest BCUT2D eigenvalue weighted by Crippen LogP contribution is -2.43. The fraction of sp³-hybridized carbons (Fsp3) is 0.0833. The molecule has 0 saturated heterocycles. The maximum atomic E-state index is 14.3. The van der Waals surface area contributed by atoms with Gasteiger partial charge in [0.05, 0.1) is 29.1 Å². The van der Waals surface area contributed by atoms with E-state index in [1.807, 2.05) is 42.5 Å². The van der Waals surface area contributed by atoms with Crippen LogP contribution in [0.2, 0.25) is 0 Å². The van der Waals surface area contributed by atoms with Gasteiger partial charge in [-0.3, -0.25) is 9.71 Å². The number of sulfonamides is 1. The van der Waals surface area contributed by atoms with Gasteiger partial charge in [0.25, 0.3) is 0 Å². The zero-order valence-corrected chi connectivity index (χ0v) is 18.8. The van der Waals surface area contributed by atoms with Gasteiger partial charge in [-0.1, -0.05) is 24.3 Å². The van der Waals surface area contributed by atoms with E-state index in [-0.39, 0.29) is 5.69 Å². The van der Waals surface area contributed by atoms with Gasteiger partial charge < -0.3 is 15.1 Å². The SMILES string of the molecule is CS(=O)(=O)Nc1cc(C2N=c3occc3=C(N)N2c2ccc(-c3ccccn3)cc2)ccc1F. The van der Waals surface area contributed by atoms with Crippen molar-refractivity contribution >= 4 is 27.2 Å². The van der Waals surface area contributed by atoms with Crippen LogP contribution in [0.1, 0.15) is 11.7 Å². The maximum absolute atomic E-state index is 14.3. The van der Waals surface area contributed by atoms with Gasteiger partial charge in [-0.05, 0) is 48.0 Å². The van der Waals surface area contributed by atoms with Crippen molar-refractivity contribution in [1.29, 1.82) is 0 Å². The molecule has 3 heterocycles. The zero-order chi connectivity index (χ0) is 23.9. The molecule has 2 aromatic heterocycles. The van der Waals surface area contributed by atoms with E-state index in [4.69, 9.17) is 10.2 Å². The molecule has 0 fully saturated rings. The molecular formula is C24H20FN5O3S. The predicted octanol–water partition coefficient (Wildman–Crippen LogP) is 2.72. The van der Waals surface area contributed by atoms with E-state index in [0.29, 0.717) is 22.2 Å². The second-order valence-electron chi connectivity index (χ2n) is 7.77.